The maximum atomic E-state index is 12.7. The summed E-state index contributed by atoms with van der Waals surface area (Å²) in [6.07, 6.45) is -1.60. The second kappa shape index (κ2) is 14.5. The fourth-order valence-corrected chi connectivity index (χ4v) is 3.66. The van der Waals surface area contributed by atoms with E-state index in [4.69, 9.17) is 15.2 Å². The summed E-state index contributed by atoms with van der Waals surface area (Å²) in [5, 5.41) is 7.67. The van der Waals surface area contributed by atoms with Crippen LogP contribution in [0.4, 0.5) is 15.3 Å². The van der Waals surface area contributed by atoms with E-state index in [1.165, 1.54) is 12.1 Å². The van der Waals surface area contributed by atoms with E-state index in [1.54, 1.807) is 48.5 Å². The first-order valence-corrected chi connectivity index (χ1v) is 12.8. The number of carbonyl (C=O) groups excluding carboxylic acids is 4. The standard InChI is InChI=1S/C30H28N6O6/c31-28(36-30(40)42-19-21-11-5-2-6-12-21)35-27(38)25-16-15-24(33-25)26(37)32-17-22-13-7-8-14-23(22)34-29(39)41-18-20-9-3-1-4-10-20/h1-16,33H,17-19H2,(H,32,37)(H,34,39)(H3,31,35,36,38,40). The summed E-state index contributed by atoms with van der Waals surface area (Å²) in [4.78, 5) is 55.5. The number of hydrogen-bond acceptors (Lipinski definition) is 6. The van der Waals surface area contributed by atoms with E-state index in [9.17, 15) is 19.2 Å². The molecule has 0 spiro atoms. The van der Waals surface area contributed by atoms with Crippen molar-refractivity contribution in [2.24, 2.45) is 10.7 Å². The van der Waals surface area contributed by atoms with Gasteiger partial charge in [0.1, 0.15) is 24.6 Å². The van der Waals surface area contributed by atoms with E-state index >= 15 is 0 Å². The molecule has 0 saturated heterocycles. The number of aliphatic imine (C=N–C) groups is 1. The van der Waals surface area contributed by atoms with Gasteiger partial charge in [0.2, 0.25) is 5.96 Å². The fraction of sp³-hybridized carbons (Fsp3) is 0.100. The van der Waals surface area contributed by atoms with Crippen molar-refractivity contribution in [3.05, 3.63) is 125 Å². The minimum absolute atomic E-state index is 0.00161. The van der Waals surface area contributed by atoms with Crippen LogP contribution in [-0.2, 0) is 29.2 Å². The Kier molecular flexibility index (Phi) is 10.0. The lowest BCUT2D eigenvalue weighted by Gasteiger charge is -2.12. The SMILES string of the molecule is N/C(=N\C(=O)OCc1ccccc1)NC(=O)c1ccc(C(=O)NCc2ccccc2NC(=O)OCc2ccccc2)[nH]1. The Hall–Kier alpha value is -5.91. The van der Waals surface area contributed by atoms with Gasteiger partial charge in [0.05, 0.1) is 0 Å². The van der Waals surface area contributed by atoms with Gasteiger partial charge in [-0.3, -0.25) is 20.2 Å². The summed E-state index contributed by atoms with van der Waals surface area (Å²) in [6, 6.07) is 28.0. The smallest absolute Gasteiger partial charge is 0.437 e. The van der Waals surface area contributed by atoms with Crippen LogP contribution in [0.2, 0.25) is 0 Å². The van der Waals surface area contributed by atoms with Crippen molar-refractivity contribution < 1.29 is 28.7 Å². The number of ether oxygens (including phenoxy) is 2. The third-order valence-corrected chi connectivity index (χ3v) is 5.74. The highest BCUT2D eigenvalue weighted by atomic mass is 16.6. The summed E-state index contributed by atoms with van der Waals surface area (Å²) < 4.78 is 10.3. The van der Waals surface area contributed by atoms with E-state index in [0.29, 0.717) is 11.3 Å². The molecule has 0 aliphatic carbocycles. The number of rotatable bonds is 9. The van der Waals surface area contributed by atoms with Crippen molar-refractivity contribution in [2.45, 2.75) is 19.8 Å². The minimum Gasteiger partial charge on any atom is -0.444 e. The lowest BCUT2D eigenvalue weighted by Crippen LogP contribution is -2.37. The number of guanidine groups is 1. The molecule has 0 aliphatic heterocycles. The van der Waals surface area contributed by atoms with Crippen LogP contribution >= 0.6 is 0 Å². The van der Waals surface area contributed by atoms with Crippen LogP contribution in [0.5, 0.6) is 0 Å². The number of hydrogen-bond donors (Lipinski definition) is 5. The number of nitrogens with zero attached hydrogens (tertiary/aromatic N) is 1. The van der Waals surface area contributed by atoms with E-state index in [-0.39, 0.29) is 31.1 Å². The second-order valence-electron chi connectivity index (χ2n) is 8.80. The molecule has 0 unspecified atom stereocenters. The number of nitrogens with two attached hydrogens (primary N) is 1. The molecule has 0 bridgehead atoms. The molecule has 0 atom stereocenters. The van der Waals surface area contributed by atoms with Crippen molar-refractivity contribution in [1.82, 2.24) is 15.6 Å². The number of para-hydroxylation sites is 1. The molecule has 42 heavy (non-hydrogen) atoms. The summed E-state index contributed by atoms with van der Waals surface area (Å²) in [7, 11) is 0. The van der Waals surface area contributed by atoms with Gasteiger partial charge in [-0.15, -0.1) is 4.99 Å². The van der Waals surface area contributed by atoms with Crippen molar-refractivity contribution >= 4 is 35.6 Å². The normalized spacial score (nSPS) is 10.8. The molecular formula is C30H28N6O6. The van der Waals surface area contributed by atoms with E-state index in [1.807, 2.05) is 36.4 Å². The molecule has 4 rings (SSSR count). The van der Waals surface area contributed by atoms with Crippen molar-refractivity contribution in [3.63, 3.8) is 0 Å². The Labute approximate surface area is 240 Å². The van der Waals surface area contributed by atoms with Gasteiger partial charge in [-0.2, -0.15) is 0 Å². The molecule has 4 amide bonds. The van der Waals surface area contributed by atoms with Crippen LogP contribution < -0.4 is 21.7 Å². The molecular weight excluding hydrogens is 540 g/mol. The van der Waals surface area contributed by atoms with Crippen molar-refractivity contribution in [3.8, 4) is 0 Å². The van der Waals surface area contributed by atoms with Gasteiger partial charge in [0.25, 0.3) is 11.8 Å². The molecule has 6 N–H and O–H groups in total. The van der Waals surface area contributed by atoms with Crippen LogP contribution in [-0.4, -0.2) is 34.9 Å². The van der Waals surface area contributed by atoms with Crippen LogP contribution in [0, 0.1) is 0 Å². The van der Waals surface area contributed by atoms with Crippen LogP contribution in [0.1, 0.15) is 37.7 Å². The summed E-state index contributed by atoms with van der Waals surface area (Å²) in [5.41, 5.74) is 8.48. The first-order valence-electron chi connectivity index (χ1n) is 12.8. The fourth-order valence-electron chi connectivity index (χ4n) is 3.66. The molecule has 1 heterocycles. The predicted octanol–water partition coefficient (Wildman–Crippen LogP) is 4.07. The minimum atomic E-state index is -0.970. The van der Waals surface area contributed by atoms with E-state index in [2.05, 4.69) is 25.9 Å². The van der Waals surface area contributed by atoms with Crippen LogP contribution in [0.15, 0.2) is 102 Å². The number of benzene rings is 3. The number of anilines is 1. The average Bonchev–Trinajstić information content (AvgIpc) is 3.50. The average molecular weight is 569 g/mol. The first kappa shape index (κ1) is 29.1. The molecule has 0 aliphatic rings. The molecule has 3 aromatic carbocycles. The lowest BCUT2D eigenvalue weighted by molar-refractivity contribution is 0.0946. The van der Waals surface area contributed by atoms with Crippen LogP contribution in [0.3, 0.4) is 0 Å². The Balaban J connectivity index is 1.26. The van der Waals surface area contributed by atoms with Gasteiger partial charge < -0.3 is 25.5 Å². The van der Waals surface area contributed by atoms with Crippen molar-refractivity contribution in [2.75, 3.05) is 5.32 Å². The number of aromatic nitrogens is 1. The molecule has 1 aromatic heterocycles. The predicted molar refractivity (Wildman–Crippen MR) is 154 cm³/mol. The van der Waals surface area contributed by atoms with Gasteiger partial charge in [-0.05, 0) is 34.9 Å². The van der Waals surface area contributed by atoms with Crippen molar-refractivity contribution in [1.29, 1.82) is 0 Å². The van der Waals surface area contributed by atoms with Gasteiger partial charge in [-0.25, -0.2) is 9.59 Å². The number of aromatic amines is 1. The molecule has 214 valence electrons. The van der Waals surface area contributed by atoms with E-state index in [0.717, 1.165) is 11.1 Å². The monoisotopic (exact) mass is 568 g/mol. The second-order valence-corrected chi connectivity index (χ2v) is 8.80. The molecule has 0 fully saturated rings. The highest BCUT2D eigenvalue weighted by molar-refractivity contribution is 6.07. The molecule has 0 radical (unpaired) electrons. The topological polar surface area (TPSA) is 177 Å². The third kappa shape index (κ3) is 8.81. The van der Waals surface area contributed by atoms with E-state index < -0.39 is 30.0 Å². The van der Waals surface area contributed by atoms with Gasteiger partial charge in [-0.1, -0.05) is 78.9 Å². The molecule has 12 heteroatoms. The maximum Gasteiger partial charge on any atom is 0.437 e. The highest BCUT2D eigenvalue weighted by Gasteiger charge is 2.15. The zero-order valence-electron chi connectivity index (χ0n) is 22.3. The Morgan fingerprint density at radius 3 is 1.95 bits per heavy atom. The Morgan fingerprint density at radius 1 is 0.714 bits per heavy atom. The summed E-state index contributed by atoms with van der Waals surface area (Å²) in [6.45, 7) is 0.196. The maximum absolute atomic E-state index is 12.7. The quantitative estimate of drug-likeness (QED) is 0.149. The largest absolute Gasteiger partial charge is 0.444 e. The Bertz CT molecular complexity index is 1570. The molecule has 4 aromatic rings. The zero-order chi connectivity index (χ0) is 29.7. The highest BCUT2D eigenvalue weighted by Crippen LogP contribution is 2.16. The van der Waals surface area contributed by atoms with Gasteiger partial charge >= 0.3 is 12.2 Å². The summed E-state index contributed by atoms with van der Waals surface area (Å²) >= 11 is 0. The molecule has 0 saturated carbocycles. The molecule has 12 nitrogen and oxygen atoms in total. The first-order chi connectivity index (χ1) is 20.4. The third-order valence-electron chi connectivity index (χ3n) is 5.74. The lowest BCUT2D eigenvalue weighted by atomic mass is 10.1. The number of nitrogens with one attached hydrogen (secondary N) is 4. The number of amides is 4. The zero-order valence-corrected chi connectivity index (χ0v) is 22.3. The summed E-state index contributed by atoms with van der Waals surface area (Å²) in [5.74, 6) is -1.68. The number of H-pyrrole nitrogens is 1. The van der Waals surface area contributed by atoms with Gasteiger partial charge in [0.15, 0.2) is 0 Å². The van der Waals surface area contributed by atoms with Crippen LogP contribution in [0.25, 0.3) is 0 Å². The van der Waals surface area contributed by atoms with Gasteiger partial charge in [0, 0.05) is 12.2 Å². The number of carbonyl (C=O) groups is 4. The Morgan fingerprint density at radius 2 is 1.29 bits per heavy atom.